The van der Waals surface area contributed by atoms with Crippen molar-refractivity contribution in [2.45, 2.75) is 50.7 Å². The summed E-state index contributed by atoms with van der Waals surface area (Å²) in [6, 6.07) is 10.1. The largest absolute Gasteiger partial charge is 0.301 e. The standard InChI is InChI=1S/C20H28N6/c21-15-17-7-9-18(10-8-17)26-20(25-13-5-2-6-14-25)19(22-23-26)16-24-11-3-1-4-12-24/h7-10,19-20H,1-6,11-14,16H2. The molecule has 2 unspecified atom stereocenters. The van der Waals surface area contributed by atoms with Crippen molar-refractivity contribution in [1.29, 1.82) is 5.26 Å². The van der Waals surface area contributed by atoms with Crippen LogP contribution in [0.25, 0.3) is 0 Å². The lowest BCUT2D eigenvalue weighted by atomic mass is 10.1. The zero-order chi connectivity index (χ0) is 17.8. The Morgan fingerprint density at radius 2 is 1.58 bits per heavy atom. The maximum Gasteiger partial charge on any atom is 0.132 e. The Bertz CT molecular complexity index is 652. The monoisotopic (exact) mass is 352 g/mol. The lowest BCUT2D eigenvalue weighted by Crippen LogP contribution is -2.54. The molecule has 0 aromatic heterocycles. The zero-order valence-corrected chi connectivity index (χ0v) is 15.4. The quantitative estimate of drug-likeness (QED) is 0.833. The van der Waals surface area contributed by atoms with E-state index in [9.17, 15) is 0 Å². The molecule has 0 spiro atoms. The number of likely N-dealkylation sites (tertiary alicyclic amines) is 2. The number of piperidine rings is 2. The Balaban J connectivity index is 1.54. The van der Waals surface area contributed by atoms with E-state index >= 15 is 0 Å². The molecule has 6 heteroatoms. The smallest absolute Gasteiger partial charge is 0.132 e. The van der Waals surface area contributed by atoms with E-state index in [1.807, 2.05) is 24.3 Å². The zero-order valence-electron chi connectivity index (χ0n) is 15.4. The summed E-state index contributed by atoms with van der Waals surface area (Å²) in [5.41, 5.74) is 1.72. The van der Waals surface area contributed by atoms with Crippen molar-refractivity contribution in [1.82, 2.24) is 9.80 Å². The Kier molecular flexibility index (Phi) is 5.47. The second-order valence-electron chi connectivity index (χ2n) is 7.65. The van der Waals surface area contributed by atoms with Gasteiger partial charge in [-0.05, 0) is 63.0 Å². The maximum atomic E-state index is 9.05. The molecule has 26 heavy (non-hydrogen) atoms. The lowest BCUT2D eigenvalue weighted by molar-refractivity contribution is 0.126. The van der Waals surface area contributed by atoms with Crippen molar-refractivity contribution in [3.8, 4) is 6.07 Å². The first-order valence-electron chi connectivity index (χ1n) is 10.0. The van der Waals surface area contributed by atoms with Crippen molar-refractivity contribution < 1.29 is 0 Å². The van der Waals surface area contributed by atoms with Crippen LogP contribution in [0.1, 0.15) is 44.1 Å². The number of rotatable bonds is 4. The van der Waals surface area contributed by atoms with E-state index in [0.717, 1.165) is 25.3 Å². The van der Waals surface area contributed by atoms with E-state index in [1.54, 1.807) is 0 Å². The molecule has 4 rings (SSSR count). The average molecular weight is 352 g/mol. The third-order valence-corrected chi connectivity index (χ3v) is 5.81. The second-order valence-corrected chi connectivity index (χ2v) is 7.65. The molecule has 2 atom stereocenters. The van der Waals surface area contributed by atoms with Crippen molar-refractivity contribution in [2.24, 2.45) is 10.3 Å². The molecule has 3 heterocycles. The molecule has 1 aromatic rings. The van der Waals surface area contributed by atoms with Crippen LogP contribution >= 0.6 is 0 Å². The third kappa shape index (κ3) is 3.74. The number of anilines is 1. The van der Waals surface area contributed by atoms with Crippen LogP contribution in [0, 0.1) is 11.3 Å². The van der Waals surface area contributed by atoms with Crippen LogP contribution in [-0.4, -0.2) is 54.7 Å². The van der Waals surface area contributed by atoms with Crippen molar-refractivity contribution >= 4 is 5.69 Å². The fourth-order valence-corrected chi connectivity index (χ4v) is 4.41. The summed E-state index contributed by atoms with van der Waals surface area (Å²) in [6.45, 7) is 5.63. The Hall–Kier alpha value is -1.97. The van der Waals surface area contributed by atoms with E-state index in [1.165, 1.54) is 51.6 Å². The summed E-state index contributed by atoms with van der Waals surface area (Å²) >= 11 is 0. The van der Waals surface area contributed by atoms with Crippen LogP contribution in [-0.2, 0) is 0 Å². The second kappa shape index (κ2) is 8.15. The fourth-order valence-electron chi connectivity index (χ4n) is 4.41. The van der Waals surface area contributed by atoms with E-state index in [-0.39, 0.29) is 12.2 Å². The van der Waals surface area contributed by atoms with Gasteiger partial charge in [-0.25, -0.2) is 5.01 Å². The summed E-state index contributed by atoms with van der Waals surface area (Å²) in [4.78, 5) is 5.13. The molecular weight excluding hydrogens is 324 g/mol. The lowest BCUT2D eigenvalue weighted by Gasteiger charge is -2.39. The van der Waals surface area contributed by atoms with Crippen molar-refractivity contribution in [3.05, 3.63) is 29.8 Å². The predicted molar refractivity (Wildman–Crippen MR) is 102 cm³/mol. The minimum absolute atomic E-state index is 0.196. The van der Waals surface area contributed by atoms with Crippen molar-refractivity contribution in [2.75, 3.05) is 37.7 Å². The van der Waals surface area contributed by atoms with Gasteiger partial charge in [-0.15, -0.1) is 0 Å². The van der Waals surface area contributed by atoms with Gasteiger partial charge >= 0.3 is 0 Å². The summed E-state index contributed by atoms with van der Waals surface area (Å²) in [7, 11) is 0. The molecule has 1 aromatic carbocycles. The first kappa shape index (κ1) is 17.4. The van der Waals surface area contributed by atoms with Gasteiger partial charge in [-0.2, -0.15) is 10.4 Å². The van der Waals surface area contributed by atoms with Gasteiger partial charge in [-0.3, -0.25) is 4.90 Å². The molecule has 2 fully saturated rings. The van der Waals surface area contributed by atoms with Gasteiger partial charge in [0.1, 0.15) is 12.2 Å². The van der Waals surface area contributed by atoms with Gasteiger partial charge in [-0.1, -0.05) is 18.1 Å². The normalized spacial score (nSPS) is 27.6. The summed E-state index contributed by atoms with van der Waals surface area (Å²) in [5, 5.41) is 20.4. The summed E-state index contributed by atoms with van der Waals surface area (Å²) in [6.07, 6.45) is 8.00. The summed E-state index contributed by atoms with van der Waals surface area (Å²) in [5.74, 6) is 0. The molecule has 0 amide bonds. The fraction of sp³-hybridized carbons (Fsp3) is 0.650. The van der Waals surface area contributed by atoms with Gasteiger partial charge in [0, 0.05) is 19.6 Å². The van der Waals surface area contributed by atoms with E-state index in [2.05, 4.69) is 31.2 Å². The van der Waals surface area contributed by atoms with E-state index in [4.69, 9.17) is 5.26 Å². The number of benzene rings is 1. The third-order valence-electron chi connectivity index (χ3n) is 5.81. The molecule has 6 nitrogen and oxygen atoms in total. The average Bonchev–Trinajstić information content (AvgIpc) is 3.13. The minimum atomic E-state index is 0.196. The minimum Gasteiger partial charge on any atom is -0.301 e. The van der Waals surface area contributed by atoms with Crippen LogP contribution in [0.2, 0.25) is 0 Å². The molecule has 138 valence electrons. The van der Waals surface area contributed by atoms with Crippen molar-refractivity contribution in [3.63, 3.8) is 0 Å². The molecule has 0 N–H and O–H groups in total. The Morgan fingerprint density at radius 1 is 0.923 bits per heavy atom. The molecule has 3 aliphatic heterocycles. The number of hydrogen-bond acceptors (Lipinski definition) is 6. The first-order valence-corrected chi connectivity index (χ1v) is 10.0. The number of nitriles is 1. The highest BCUT2D eigenvalue weighted by Gasteiger charge is 2.39. The maximum absolute atomic E-state index is 9.05. The molecule has 2 saturated heterocycles. The molecule has 0 bridgehead atoms. The number of nitrogens with zero attached hydrogens (tertiary/aromatic N) is 6. The van der Waals surface area contributed by atoms with Gasteiger partial charge in [0.25, 0.3) is 0 Å². The summed E-state index contributed by atoms with van der Waals surface area (Å²) < 4.78 is 0. The highest BCUT2D eigenvalue weighted by atomic mass is 15.7. The van der Waals surface area contributed by atoms with Gasteiger partial charge in [0.05, 0.1) is 17.3 Å². The SMILES string of the molecule is N#Cc1ccc(N2N=NC(CN3CCCCC3)C2N2CCCCC2)cc1. The molecule has 0 radical (unpaired) electrons. The molecule has 0 saturated carbocycles. The van der Waals surface area contributed by atoms with Gasteiger partial charge < -0.3 is 4.90 Å². The molecule has 0 aliphatic carbocycles. The van der Waals surface area contributed by atoms with Gasteiger partial charge in [0.15, 0.2) is 0 Å². The Labute approximate surface area is 156 Å². The Morgan fingerprint density at radius 3 is 2.23 bits per heavy atom. The highest BCUT2D eigenvalue weighted by Crippen LogP contribution is 2.31. The van der Waals surface area contributed by atoms with Gasteiger partial charge in [0.2, 0.25) is 0 Å². The van der Waals surface area contributed by atoms with Crippen LogP contribution in [0.4, 0.5) is 5.69 Å². The first-order chi connectivity index (χ1) is 12.8. The number of hydrogen-bond donors (Lipinski definition) is 0. The highest BCUT2D eigenvalue weighted by molar-refractivity contribution is 5.50. The molecule has 3 aliphatic rings. The predicted octanol–water partition coefficient (Wildman–Crippen LogP) is 3.41. The van der Waals surface area contributed by atoms with E-state index < -0.39 is 0 Å². The van der Waals surface area contributed by atoms with E-state index in [0.29, 0.717) is 5.56 Å². The van der Waals surface area contributed by atoms with Crippen LogP contribution in [0.15, 0.2) is 34.6 Å². The molecular formula is C20H28N6. The van der Waals surface area contributed by atoms with Crippen LogP contribution in [0.3, 0.4) is 0 Å². The topological polar surface area (TPSA) is 58.2 Å². The van der Waals surface area contributed by atoms with Crippen LogP contribution in [0.5, 0.6) is 0 Å². The van der Waals surface area contributed by atoms with Crippen LogP contribution < -0.4 is 5.01 Å².